The van der Waals surface area contributed by atoms with E-state index >= 15 is 0 Å². The molecule has 2 aliphatic rings. The van der Waals surface area contributed by atoms with Crippen LogP contribution in [0.15, 0.2) is 0 Å². The highest BCUT2D eigenvalue weighted by Crippen LogP contribution is 2.32. The summed E-state index contributed by atoms with van der Waals surface area (Å²) in [5, 5.41) is 1.54. The van der Waals surface area contributed by atoms with Crippen LogP contribution in [-0.2, 0) is 11.2 Å². The lowest BCUT2D eigenvalue weighted by Gasteiger charge is -2.43. The minimum Gasteiger partial charge on any atom is -0.380 e. The number of fused-ring (bicyclic) bond motifs is 1. The molecule has 0 bridgehead atoms. The Hall–Kier alpha value is -0.590. The first-order valence-corrected chi connectivity index (χ1v) is 9.54. The van der Waals surface area contributed by atoms with E-state index in [1.807, 2.05) is 18.7 Å². The highest BCUT2D eigenvalue weighted by molar-refractivity contribution is 8.00. The van der Waals surface area contributed by atoms with Crippen molar-refractivity contribution in [3.63, 3.8) is 0 Å². The molecule has 2 fully saturated rings. The fourth-order valence-electron chi connectivity index (χ4n) is 3.04. The number of ether oxygens (including phenoxy) is 1. The number of carbonyl (C=O) groups excluding carboxylic acids is 1. The Morgan fingerprint density at radius 3 is 3.19 bits per heavy atom. The van der Waals surface area contributed by atoms with Gasteiger partial charge in [0.05, 0.1) is 17.3 Å². The molecular weight excluding hydrogens is 304 g/mol. The molecule has 0 aromatic carbocycles. The van der Waals surface area contributed by atoms with Gasteiger partial charge >= 0.3 is 0 Å². The highest BCUT2D eigenvalue weighted by atomic mass is 32.2. The predicted molar refractivity (Wildman–Crippen MR) is 87.4 cm³/mol. The van der Waals surface area contributed by atoms with E-state index in [1.165, 1.54) is 0 Å². The molecule has 116 valence electrons. The van der Waals surface area contributed by atoms with E-state index in [0.29, 0.717) is 11.3 Å². The zero-order chi connectivity index (χ0) is 14.8. The summed E-state index contributed by atoms with van der Waals surface area (Å²) in [6.07, 6.45) is 3.00. The summed E-state index contributed by atoms with van der Waals surface area (Å²) in [7, 11) is 0. The number of thioether (sulfide) groups is 1. The van der Waals surface area contributed by atoms with Crippen LogP contribution < -0.4 is 0 Å². The van der Waals surface area contributed by atoms with Crippen LogP contribution in [-0.4, -0.2) is 52.6 Å². The van der Waals surface area contributed by atoms with Crippen LogP contribution in [0.3, 0.4) is 0 Å². The molecule has 2 saturated heterocycles. The van der Waals surface area contributed by atoms with Crippen LogP contribution in [0.2, 0.25) is 0 Å². The Kier molecular flexibility index (Phi) is 4.86. The zero-order valence-corrected chi connectivity index (χ0v) is 14.3. The second-order valence-electron chi connectivity index (χ2n) is 5.61. The molecule has 0 saturated carbocycles. The average Bonchev–Trinajstić information content (AvgIpc) is 2.87. The molecule has 6 heteroatoms. The molecule has 21 heavy (non-hydrogen) atoms. The normalized spacial score (nSPS) is 25.7. The number of nitrogens with zero attached hydrogens (tertiary/aromatic N) is 2. The minimum absolute atomic E-state index is 0.185. The maximum absolute atomic E-state index is 12.9. The molecule has 1 aromatic heterocycles. The number of hydrogen-bond acceptors (Lipinski definition) is 5. The van der Waals surface area contributed by atoms with Crippen molar-refractivity contribution in [2.75, 3.05) is 25.5 Å². The van der Waals surface area contributed by atoms with Gasteiger partial charge in [-0.05, 0) is 26.2 Å². The third-order valence-electron chi connectivity index (χ3n) is 4.09. The number of hydrogen-bond donors (Lipinski definition) is 0. The fourth-order valence-corrected chi connectivity index (χ4v) is 5.46. The maximum atomic E-state index is 12.9. The predicted octanol–water partition coefficient (Wildman–Crippen LogP) is 2.75. The van der Waals surface area contributed by atoms with E-state index < -0.39 is 0 Å². The van der Waals surface area contributed by atoms with Gasteiger partial charge in [0.25, 0.3) is 5.91 Å². The smallest absolute Gasteiger partial charge is 0.266 e. The molecule has 0 spiro atoms. The molecule has 3 heterocycles. The summed E-state index contributed by atoms with van der Waals surface area (Å²) in [6, 6.07) is 0.334. The summed E-state index contributed by atoms with van der Waals surface area (Å²) in [6.45, 7) is 6.51. The Bertz CT molecular complexity index is 516. The highest BCUT2D eigenvalue weighted by Gasteiger charge is 2.38. The van der Waals surface area contributed by atoms with Gasteiger partial charge in [-0.3, -0.25) is 4.79 Å². The van der Waals surface area contributed by atoms with Gasteiger partial charge in [0.2, 0.25) is 0 Å². The van der Waals surface area contributed by atoms with Crippen molar-refractivity contribution in [3.05, 3.63) is 15.6 Å². The van der Waals surface area contributed by atoms with Crippen LogP contribution in [0.4, 0.5) is 0 Å². The Labute approximate surface area is 134 Å². The van der Waals surface area contributed by atoms with Gasteiger partial charge in [-0.25, -0.2) is 4.98 Å². The van der Waals surface area contributed by atoms with Crippen LogP contribution in [0.1, 0.15) is 40.1 Å². The molecule has 0 unspecified atom stereocenters. The first-order chi connectivity index (χ1) is 10.2. The van der Waals surface area contributed by atoms with Gasteiger partial charge in [0, 0.05) is 30.2 Å². The summed E-state index contributed by atoms with van der Waals surface area (Å²) in [5.74, 6) is 1.19. The third kappa shape index (κ3) is 3.12. The van der Waals surface area contributed by atoms with E-state index in [4.69, 9.17) is 4.74 Å². The fraction of sp³-hybridized carbons (Fsp3) is 0.733. The number of amides is 1. The van der Waals surface area contributed by atoms with Crippen molar-refractivity contribution in [3.8, 4) is 0 Å². The molecule has 0 N–H and O–H groups in total. The Balaban J connectivity index is 1.80. The molecule has 3 rings (SSSR count). The summed E-state index contributed by atoms with van der Waals surface area (Å²) in [4.78, 5) is 20.4. The van der Waals surface area contributed by atoms with E-state index in [2.05, 4.69) is 16.8 Å². The van der Waals surface area contributed by atoms with Gasteiger partial charge in [-0.15, -0.1) is 11.3 Å². The number of thiazole rings is 1. The molecule has 0 radical (unpaired) electrons. The van der Waals surface area contributed by atoms with E-state index in [0.717, 1.165) is 60.4 Å². The number of carbonyl (C=O) groups is 1. The van der Waals surface area contributed by atoms with Crippen molar-refractivity contribution in [2.45, 2.75) is 44.4 Å². The van der Waals surface area contributed by atoms with Crippen molar-refractivity contribution < 1.29 is 9.53 Å². The monoisotopic (exact) mass is 326 g/mol. The quantitative estimate of drug-likeness (QED) is 0.856. The number of rotatable bonds is 3. The van der Waals surface area contributed by atoms with Gasteiger partial charge in [0.15, 0.2) is 0 Å². The van der Waals surface area contributed by atoms with Gasteiger partial charge in [-0.1, -0.05) is 6.92 Å². The number of aromatic nitrogens is 1. The van der Waals surface area contributed by atoms with Crippen LogP contribution in [0.5, 0.6) is 0 Å². The standard InChI is InChI=1S/C15H22N2O2S2/c1-3-4-13-16-10(2)14(21-13)15(18)17-6-8-20-12-9-19-7-5-11(12)17/h11-12H,3-9H2,1-2H3/t11-,12+/m1/s1. The second kappa shape index (κ2) is 6.67. The van der Waals surface area contributed by atoms with Gasteiger partial charge in [0.1, 0.15) is 4.88 Å². The van der Waals surface area contributed by atoms with Crippen molar-refractivity contribution in [1.82, 2.24) is 9.88 Å². The van der Waals surface area contributed by atoms with Crippen LogP contribution >= 0.6 is 23.1 Å². The van der Waals surface area contributed by atoms with E-state index in [-0.39, 0.29) is 5.91 Å². The first kappa shape index (κ1) is 15.3. The lowest BCUT2D eigenvalue weighted by atomic mass is 10.1. The van der Waals surface area contributed by atoms with Crippen molar-refractivity contribution in [1.29, 1.82) is 0 Å². The molecule has 2 atom stereocenters. The lowest BCUT2D eigenvalue weighted by Crippen LogP contribution is -2.54. The molecule has 4 nitrogen and oxygen atoms in total. The average molecular weight is 326 g/mol. The van der Waals surface area contributed by atoms with Gasteiger partial charge < -0.3 is 9.64 Å². The summed E-state index contributed by atoms with van der Waals surface area (Å²) >= 11 is 3.53. The third-order valence-corrected chi connectivity index (χ3v) is 6.60. The zero-order valence-electron chi connectivity index (χ0n) is 12.6. The lowest BCUT2D eigenvalue weighted by molar-refractivity contribution is 0.0321. The largest absolute Gasteiger partial charge is 0.380 e. The minimum atomic E-state index is 0.185. The number of aryl methyl sites for hydroxylation is 2. The van der Waals surface area contributed by atoms with Crippen LogP contribution in [0.25, 0.3) is 0 Å². The Morgan fingerprint density at radius 2 is 2.38 bits per heavy atom. The molecular formula is C15H22N2O2S2. The maximum Gasteiger partial charge on any atom is 0.266 e. The van der Waals surface area contributed by atoms with Crippen molar-refractivity contribution in [2.24, 2.45) is 0 Å². The van der Waals surface area contributed by atoms with E-state index in [9.17, 15) is 4.79 Å². The summed E-state index contributed by atoms with van der Waals surface area (Å²) in [5.41, 5.74) is 0.898. The SMILES string of the molecule is CCCc1nc(C)c(C(=O)N2CCS[C@H]3COCC[C@H]32)s1. The molecule has 1 aromatic rings. The molecule has 0 aliphatic carbocycles. The van der Waals surface area contributed by atoms with Crippen molar-refractivity contribution >= 4 is 29.0 Å². The Morgan fingerprint density at radius 1 is 1.52 bits per heavy atom. The second-order valence-corrected chi connectivity index (χ2v) is 8.04. The summed E-state index contributed by atoms with van der Waals surface area (Å²) < 4.78 is 5.56. The topological polar surface area (TPSA) is 42.4 Å². The molecule has 2 aliphatic heterocycles. The van der Waals surface area contributed by atoms with Gasteiger partial charge in [-0.2, -0.15) is 11.8 Å². The first-order valence-electron chi connectivity index (χ1n) is 7.67. The molecule has 1 amide bonds. The van der Waals surface area contributed by atoms with E-state index in [1.54, 1.807) is 11.3 Å². The van der Waals surface area contributed by atoms with Crippen LogP contribution in [0, 0.1) is 6.92 Å².